The number of sulfonamides is 1. The van der Waals surface area contributed by atoms with E-state index in [1.165, 1.54) is 21.7 Å². The Morgan fingerprint density at radius 1 is 1.47 bits per heavy atom. The molecule has 2 rings (SSSR count). The highest BCUT2D eigenvalue weighted by molar-refractivity contribution is 9.12. The van der Waals surface area contributed by atoms with E-state index in [-0.39, 0.29) is 23.9 Å². The van der Waals surface area contributed by atoms with Gasteiger partial charge in [-0.05, 0) is 43.8 Å². The van der Waals surface area contributed by atoms with E-state index in [1.807, 2.05) is 0 Å². The summed E-state index contributed by atoms with van der Waals surface area (Å²) in [7, 11) is -3.64. The van der Waals surface area contributed by atoms with Crippen molar-refractivity contribution in [3.8, 4) is 0 Å². The maximum Gasteiger partial charge on any atom is 0.308 e. The Bertz CT molecular complexity index is 613. The predicted octanol–water partition coefficient (Wildman–Crippen LogP) is 2.61. The lowest BCUT2D eigenvalue weighted by Crippen LogP contribution is -2.30. The van der Waals surface area contributed by atoms with E-state index >= 15 is 0 Å². The molecule has 2 heterocycles. The Morgan fingerprint density at radius 2 is 2.11 bits per heavy atom. The first kappa shape index (κ1) is 15.4. The normalized spacial score (nSPS) is 24.8. The summed E-state index contributed by atoms with van der Waals surface area (Å²) in [4.78, 5) is 11.2. The molecule has 1 aromatic heterocycles. The van der Waals surface area contributed by atoms with Gasteiger partial charge >= 0.3 is 5.97 Å². The van der Waals surface area contributed by atoms with Crippen molar-refractivity contribution in [2.24, 2.45) is 11.8 Å². The van der Waals surface area contributed by atoms with Gasteiger partial charge in [0.25, 0.3) is 0 Å². The number of nitrogens with zero attached hydrogens (tertiary/aromatic N) is 1. The molecule has 5 nitrogen and oxygen atoms in total. The summed E-state index contributed by atoms with van der Waals surface area (Å²) in [5, 5.41) is 9.06. The first-order chi connectivity index (χ1) is 8.73. The van der Waals surface area contributed by atoms with Crippen LogP contribution in [0.3, 0.4) is 0 Å². The molecule has 0 spiro atoms. The van der Waals surface area contributed by atoms with Gasteiger partial charge in [0.1, 0.15) is 4.90 Å². The number of rotatable bonds is 3. The molecule has 0 radical (unpaired) electrons. The number of carboxylic acid groups (broad SMARTS) is 1. The van der Waals surface area contributed by atoms with Gasteiger partial charge in [0.2, 0.25) is 10.0 Å². The van der Waals surface area contributed by atoms with Gasteiger partial charge in [0.15, 0.2) is 0 Å². The largest absolute Gasteiger partial charge is 0.481 e. The van der Waals surface area contributed by atoms with Gasteiger partial charge < -0.3 is 5.11 Å². The molecular weight excluding hydrogens is 422 g/mol. The maximum absolute atomic E-state index is 12.5. The van der Waals surface area contributed by atoms with Gasteiger partial charge in [-0.15, -0.1) is 11.3 Å². The molecule has 0 aliphatic carbocycles. The molecule has 1 aliphatic heterocycles. The summed E-state index contributed by atoms with van der Waals surface area (Å²) >= 11 is 7.74. The summed E-state index contributed by atoms with van der Waals surface area (Å²) in [5.41, 5.74) is 0. The SMILES string of the molecule is C[C@@H]1CN(S(=O)(=O)c2cc(Br)sc2Br)C[C@H]1C(=O)O. The van der Waals surface area contributed by atoms with Crippen LogP contribution in [0.4, 0.5) is 0 Å². The fourth-order valence-electron chi connectivity index (χ4n) is 2.08. The quantitative estimate of drug-likeness (QED) is 0.796. The molecule has 0 saturated carbocycles. The van der Waals surface area contributed by atoms with Gasteiger partial charge in [-0.25, -0.2) is 8.42 Å². The zero-order valence-electron chi connectivity index (χ0n) is 9.84. The number of hydrogen-bond acceptors (Lipinski definition) is 4. The molecule has 1 aliphatic rings. The van der Waals surface area contributed by atoms with Crippen molar-refractivity contribution in [2.75, 3.05) is 13.1 Å². The van der Waals surface area contributed by atoms with Crippen LogP contribution in [0.25, 0.3) is 0 Å². The van der Waals surface area contributed by atoms with Crippen molar-refractivity contribution in [3.63, 3.8) is 0 Å². The highest BCUT2D eigenvalue weighted by Crippen LogP contribution is 2.38. The first-order valence-electron chi connectivity index (χ1n) is 5.41. The third-order valence-electron chi connectivity index (χ3n) is 3.14. The Morgan fingerprint density at radius 3 is 2.53 bits per heavy atom. The smallest absolute Gasteiger partial charge is 0.308 e. The van der Waals surface area contributed by atoms with Gasteiger partial charge in [-0.2, -0.15) is 4.31 Å². The summed E-state index contributed by atoms with van der Waals surface area (Å²) in [6, 6.07) is 1.53. The zero-order valence-corrected chi connectivity index (χ0v) is 14.6. The molecule has 2 atom stereocenters. The molecule has 1 N–H and O–H groups in total. The number of hydrogen-bond donors (Lipinski definition) is 1. The fraction of sp³-hybridized carbons (Fsp3) is 0.500. The standard InChI is InChI=1S/C10H11Br2NO4S2/c1-5-3-13(4-6(5)10(14)15)19(16,17)7-2-8(11)18-9(7)12/h2,5-6H,3-4H2,1H3,(H,14,15)/t5-,6-/m1/s1. The molecule has 0 aromatic carbocycles. The zero-order chi connectivity index (χ0) is 14.4. The van der Waals surface area contributed by atoms with Crippen LogP contribution < -0.4 is 0 Å². The average molecular weight is 433 g/mol. The lowest BCUT2D eigenvalue weighted by molar-refractivity contribution is -0.142. The van der Waals surface area contributed by atoms with Crippen LogP contribution in [0.15, 0.2) is 18.5 Å². The molecular formula is C10H11Br2NO4S2. The number of carboxylic acids is 1. The Balaban J connectivity index is 2.32. The van der Waals surface area contributed by atoms with E-state index in [0.717, 1.165) is 0 Å². The second-order valence-electron chi connectivity index (χ2n) is 4.43. The molecule has 19 heavy (non-hydrogen) atoms. The monoisotopic (exact) mass is 431 g/mol. The van der Waals surface area contributed by atoms with Crippen molar-refractivity contribution in [1.29, 1.82) is 0 Å². The van der Waals surface area contributed by atoms with Crippen LogP contribution in [0.1, 0.15) is 6.92 Å². The van der Waals surface area contributed by atoms with Gasteiger partial charge in [-0.1, -0.05) is 6.92 Å². The number of thiophene rings is 1. The van der Waals surface area contributed by atoms with Crippen LogP contribution in [0.2, 0.25) is 0 Å². The van der Waals surface area contributed by atoms with Gasteiger partial charge in [0.05, 0.1) is 13.5 Å². The molecule has 0 unspecified atom stereocenters. The minimum absolute atomic E-state index is 0.0265. The maximum atomic E-state index is 12.5. The molecule has 1 fully saturated rings. The van der Waals surface area contributed by atoms with Crippen LogP contribution in [0, 0.1) is 11.8 Å². The van der Waals surface area contributed by atoms with Crippen molar-refractivity contribution < 1.29 is 18.3 Å². The van der Waals surface area contributed by atoms with E-state index in [0.29, 0.717) is 7.57 Å². The first-order valence-corrected chi connectivity index (χ1v) is 9.25. The molecule has 1 aromatic rings. The third kappa shape index (κ3) is 2.90. The summed E-state index contributed by atoms with van der Waals surface area (Å²) in [6.45, 7) is 2.02. The Hall–Kier alpha value is 0.0400. The van der Waals surface area contributed by atoms with Crippen LogP contribution in [-0.2, 0) is 14.8 Å². The number of halogens is 2. The van der Waals surface area contributed by atoms with E-state index in [1.54, 1.807) is 6.92 Å². The van der Waals surface area contributed by atoms with E-state index < -0.39 is 21.9 Å². The lowest BCUT2D eigenvalue weighted by atomic mass is 9.99. The average Bonchev–Trinajstić information content (AvgIpc) is 2.82. The van der Waals surface area contributed by atoms with Gasteiger partial charge in [-0.3, -0.25) is 4.79 Å². The molecule has 106 valence electrons. The van der Waals surface area contributed by atoms with Gasteiger partial charge in [0, 0.05) is 13.1 Å². The Labute approximate surface area is 131 Å². The van der Waals surface area contributed by atoms with Crippen molar-refractivity contribution in [2.45, 2.75) is 11.8 Å². The van der Waals surface area contributed by atoms with E-state index in [2.05, 4.69) is 31.9 Å². The minimum atomic E-state index is -3.64. The van der Waals surface area contributed by atoms with Crippen LogP contribution in [-0.4, -0.2) is 36.9 Å². The predicted molar refractivity (Wildman–Crippen MR) is 78.8 cm³/mol. The Kier molecular flexibility index (Phi) is 4.41. The van der Waals surface area contributed by atoms with Crippen molar-refractivity contribution >= 4 is 59.2 Å². The highest BCUT2D eigenvalue weighted by Gasteiger charge is 2.41. The molecule has 0 bridgehead atoms. The van der Waals surface area contributed by atoms with Crippen molar-refractivity contribution in [3.05, 3.63) is 13.6 Å². The summed E-state index contributed by atoms with van der Waals surface area (Å²) < 4.78 is 27.4. The van der Waals surface area contributed by atoms with Crippen LogP contribution in [0.5, 0.6) is 0 Å². The number of aliphatic carboxylic acids is 1. The molecule has 9 heteroatoms. The minimum Gasteiger partial charge on any atom is -0.481 e. The second-order valence-corrected chi connectivity index (χ2v) is 10.1. The lowest BCUT2D eigenvalue weighted by Gasteiger charge is -2.15. The fourth-order valence-corrected chi connectivity index (χ4v) is 7.41. The molecule has 0 amide bonds. The van der Waals surface area contributed by atoms with E-state index in [9.17, 15) is 13.2 Å². The highest BCUT2D eigenvalue weighted by atomic mass is 79.9. The van der Waals surface area contributed by atoms with E-state index in [4.69, 9.17) is 5.11 Å². The number of carbonyl (C=O) groups is 1. The molecule has 1 saturated heterocycles. The van der Waals surface area contributed by atoms with Crippen molar-refractivity contribution in [1.82, 2.24) is 4.31 Å². The third-order valence-corrected chi connectivity index (χ3v) is 7.73. The topological polar surface area (TPSA) is 74.7 Å². The summed E-state index contributed by atoms with van der Waals surface area (Å²) in [5.74, 6) is -1.78. The second kappa shape index (κ2) is 5.44. The summed E-state index contributed by atoms with van der Waals surface area (Å²) in [6.07, 6.45) is 0. The van der Waals surface area contributed by atoms with Crippen LogP contribution >= 0.6 is 43.2 Å².